The average molecular weight is 456 g/mol. The lowest BCUT2D eigenvalue weighted by Crippen LogP contribution is -2.01. The fourth-order valence-electron chi connectivity index (χ4n) is 3.89. The van der Waals surface area contributed by atoms with Crippen LogP contribution in [0.25, 0.3) is 11.7 Å². The van der Waals surface area contributed by atoms with Crippen LogP contribution in [0.4, 0.5) is 11.5 Å². The van der Waals surface area contributed by atoms with Gasteiger partial charge < -0.3 is 19.5 Å². The van der Waals surface area contributed by atoms with Crippen molar-refractivity contribution in [1.29, 1.82) is 0 Å². The third kappa shape index (κ3) is 4.73. The summed E-state index contributed by atoms with van der Waals surface area (Å²) in [6, 6.07) is 20.0. The number of hydrogen-bond acceptors (Lipinski definition) is 6. The van der Waals surface area contributed by atoms with Gasteiger partial charge in [-0.3, -0.25) is 4.40 Å². The van der Waals surface area contributed by atoms with Crippen LogP contribution in [-0.4, -0.2) is 28.8 Å². The van der Waals surface area contributed by atoms with Gasteiger partial charge in [-0.25, -0.2) is 9.78 Å². The van der Waals surface area contributed by atoms with Crippen LogP contribution in [0.15, 0.2) is 72.9 Å². The molecule has 1 aliphatic rings. The van der Waals surface area contributed by atoms with E-state index in [0.717, 1.165) is 47.0 Å². The Bertz CT molecular complexity index is 1350. The number of ether oxygens (including phenoxy) is 3. The lowest BCUT2D eigenvalue weighted by molar-refractivity contribution is -0.137. The van der Waals surface area contributed by atoms with Crippen LogP contribution < -0.4 is 14.8 Å². The Hall–Kier alpha value is -4.26. The first-order valence-corrected chi connectivity index (χ1v) is 11.3. The molecule has 7 nitrogen and oxygen atoms in total. The van der Waals surface area contributed by atoms with Crippen LogP contribution in [0.1, 0.15) is 23.7 Å². The van der Waals surface area contributed by atoms with Gasteiger partial charge in [0.05, 0.1) is 12.3 Å². The number of aryl methyl sites for hydroxylation is 2. The quantitative estimate of drug-likeness (QED) is 0.292. The highest BCUT2D eigenvalue weighted by Crippen LogP contribution is 2.35. The molecule has 2 aromatic heterocycles. The minimum Gasteiger partial charge on any atom is -0.463 e. The molecule has 4 aromatic rings. The zero-order chi connectivity index (χ0) is 23.3. The second-order valence-electron chi connectivity index (χ2n) is 7.86. The molecule has 0 amide bonds. The van der Waals surface area contributed by atoms with Crippen LogP contribution in [0.5, 0.6) is 11.5 Å². The molecular formula is C27H25N3O4. The summed E-state index contributed by atoms with van der Waals surface area (Å²) >= 11 is 0. The molecule has 1 aliphatic heterocycles. The molecule has 0 saturated carbocycles. The number of nitrogens with zero attached hydrogens (tertiary/aromatic N) is 2. The van der Waals surface area contributed by atoms with Crippen molar-refractivity contribution in [2.24, 2.45) is 0 Å². The lowest BCUT2D eigenvalue weighted by Gasteiger charge is -2.10. The molecule has 0 fully saturated rings. The summed E-state index contributed by atoms with van der Waals surface area (Å²) in [6.07, 6.45) is 6.77. The largest absolute Gasteiger partial charge is 0.463 e. The van der Waals surface area contributed by atoms with Crippen molar-refractivity contribution in [3.05, 3.63) is 89.8 Å². The number of nitrogens with one attached hydrogen (secondary N) is 1. The molecule has 3 heterocycles. The Labute approximate surface area is 197 Å². The summed E-state index contributed by atoms with van der Waals surface area (Å²) in [7, 11) is 0. The van der Waals surface area contributed by atoms with Gasteiger partial charge in [0.25, 0.3) is 0 Å². The highest BCUT2D eigenvalue weighted by atomic mass is 16.7. The van der Waals surface area contributed by atoms with E-state index in [1.165, 1.54) is 11.6 Å². The summed E-state index contributed by atoms with van der Waals surface area (Å²) < 4.78 is 18.0. The molecule has 0 radical (unpaired) electrons. The minimum atomic E-state index is -0.365. The van der Waals surface area contributed by atoms with Crippen LogP contribution in [-0.2, 0) is 22.4 Å². The first kappa shape index (κ1) is 21.6. The predicted molar refractivity (Wildman–Crippen MR) is 131 cm³/mol. The van der Waals surface area contributed by atoms with E-state index in [4.69, 9.17) is 19.2 Å². The number of hydrogen-bond donors (Lipinski definition) is 1. The van der Waals surface area contributed by atoms with Crippen molar-refractivity contribution in [3.8, 4) is 11.5 Å². The van der Waals surface area contributed by atoms with E-state index >= 15 is 0 Å². The van der Waals surface area contributed by atoms with Crippen molar-refractivity contribution in [3.63, 3.8) is 0 Å². The number of carbonyl (C=O) groups excluding carboxylic acids is 1. The number of fused-ring (bicyclic) bond motifs is 2. The van der Waals surface area contributed by atoms with Gasteiger partial charge in [-0.05, 0) is 61.2 Å². The van der Waals surface area contributed by atoms with Crippen molar-refractivity contribution < 1.29 is 19.0 Å². The summed E-state index contributed by atoms with van der Waals surface area (Å²) in [6.45, 7) is 2.36. The van der Waals surface area contributed by atoms with Crippen LogP contribution >= 0.6 is 0 Å². The third-order valence-electron chi connectivity index (χ3n) is 5.54. The normalized spacial score (nSPS) is 12.4. The molecule has 7 heteroatoms. The average Bonchev–Trinajstić information content (AvgIpc) is 3.46. The van der Waals surface area contributed by atoms with E-state index in [-0.39, 0.29) is 12.8 Å². The molecule has 1 N–H and O–H groups in total. The van der Waals surface area contributed by atoms with Crippen molar-refractivity contribution in [2.45, 2.75) is 19.8 Å². The molecule has 172 valence electrons. The monoisotopic (exact) mass is 455 g/mol. The van der Waals surface area contributed by atoms with E-state index in [9.17, 15) is 4.79 Å². The van der Waals surface area contributed by atoms with Gasteiger partial charge in [0.1, 0.15) is 11.5 Å². The summed E-state index contributed by atoms with van der Waals surface area (Å²) in [5, 5.41) is 3.52. The fraction of sp³-hybridized carbons (Fsp3) is 0.185. The third-order valence-corrected chi connectivity index (χ3v) is 5.54. The van der Waals surface area contributed by atoms with E-state index in [2.05, 4.69) is 17.4 Å². The van der Waals surface area contributed by atoms with Crippen LogP contribution in [0.3, 0.4) is 0 Å². The summed E-state index contributed by atoms with van der Waals surface area (Å²) in [5.74, 6) is 1.95. The SMILES string of the molecule is CCOC(=O)/C=C/c1ccc2nc(CCc3ccccc3)c(Nc3ccc4c(c3)OCO4)n2c1. The van der Waals surface area contributed by atoms with Gasteiger partial charge in [-0.15, -0.1) is 0 Å². The van der Waals surface area contributed by atoms with Gasteiger partial charge in [-0.1, -0.05) is 30.3 Å². The number of rotatable bonds is 8. The molecule has 5 rings (SSSR count). The second kappa shape index (κ2) is 9.70. The molecule has 34 heavy (non-hydrogen) atoms. The molecule has 0 unspecified atom stereocenters. The molecule has 0 spiro atoms. The number of benzene rings is 2. The van der Waals surface area contributed by atoms with E-state index in [1.807, 2.05) is 59.1 Å². The van der Waals surface area contributed by atoms with E-state index in [0.29, 0.717) is 12.4 Å². The summed E-state index contributed by atoms with van der Waals surface area (Å²) in [5.41, 5.74) is 4.76. The minimum absolute atomic E-state index is 0.229. The zero-order valence-corrected chi connectivity index (χ0v) is 18.9. The van der Waals surface area contributed by atoms with E-state index < -0.39 is 0 Å². The smallest absolute Gasteiger partial charge is 0.330 e. The Balaban J connectivity index is 1.49. The first-order chi connectivity index (χ1) is 16.7. The maximum atomic E-state index is 11.7. The van der Waals surface area contributed by atoms with Gasteiger partial charge in [0.2, 0.25) is 6.79 Å². The fourth-order valence-corrected chi connectivity index (χ4v) is 3.89. The maximum absolute atomic E-state index is 11.7. The maximum Gasteiger partial charge on any atom is 0.330 e. The number of pyridine rings is 1. The number of esters is 1. The zero-order valence-electron chi connectivity index (χ0n) is 18.9. The van der Waals surface area contributed by atoms with Crippen LogP contribution in [0.2, 0.25) is 0 Å². The van der Waals surface area contributed by atoms with Crippen LogP contribution in [0, 0.1) is 0 Å². The van der Waals surface area contributed by atoms with Crippen molar-refractivity contribution >= 4 is 29.2 Å². The van der Waals surface area contributed by atoms with Crippen molar-refractivity contribution in [1.82, 2.24) is 9.38 Å². The Morgan fingerprint density at radius 2 is 1.94 bits per heavy atom. The summed E-state index contributed by atoms with van der Waals surface area (Å²) in [4.78, 5) is 16.6. The Morgan fingerprint density at radius 1 is 1.09 bits per heavy atom. The highest BCUT2D eigenvalue weighted by Gasteiger charge is 2.17. The topological polar surface area (TPSA) is 74.1 Å². The Kier molecular flexibility index (Phi) is 6.16. The number of aromatic nitrogens is 2. The van der Waals surface area contributed by atoms with Gasteiger partial charge >= 0.3 is 5.97 Å². The number of anilines is 2. The molecule has 2 aromatic carbocycles. The molecule has 0 bridgehead atoms. The highest BCUT2D eigenvalue weighted by molar-refractivity contribution is 5.87. The lowest BCUT2D eigenvalue weighted by atomic mass is 10.1. The number of imidazole rings is 1. The van der Waals surface area contributed by atoms with Gasteiger partial charge in [0, 0.05) is 24.0 Å². The second-order valence-corrected chi connectivity index (χ2v) is 7.86. The predicted octanol–water partition coefficient (Wildman–Crippen LogP) is 5.17. The van der Waals surface area contributed by atoms with Crippen molar-refractivity contribution in [2.75, 3.05) is 18.7 Å². The molecule has 0 saturated heterocycles. The number of carbonyl (C=O) groups is 1. The molecule has 0 atom stereocenters. The van der Waals surface area contributed by atoms with Gasteiger partial charge in [-0.2, -0.15) is 0 Å². The first-order valence-electron chi connectivity index (χ1n) is 11.3. The van der Waals surface area contributed by atoms with Gasteiger partial charge in [0.15, 0.2) is 11.5 Å². The molecular weight excluding hydrogens is 430 g/mol. The standard InChI is InChI=1S/C27H25N3O4/c1-2-32-26(31)15-10-20-9-14-25-29-22(12-8-19-6-4-3-5-7-19)27(30(25)17-20)28-21-11-13-23-24(16-21)34-18-33-23/h3-7,9-11,13-17,28H,2,8,12,18H2,1H3/b15-10+. The Morgan fingerprint density at radius 3 is 2.79 bits per heavy atom. The van der Waals surface area contributed by atoms with E-state index in [1.54, 1.807) is 13.0 Å². The molecule has 0 aliphatic carbocycles.